The predicted octanol–water partition coefficient (Wildman–Crippen LogP) is 1.45. The van der Waals surface area contributed by atoms with Crippen LogP contribution in [0.15, 0.2) is 0 Å². The second-order valence-electron chi connectivity index (χ2n) is 4.88. The average molecular weight is 272 g/mol. The van der Waals surface area contributed by atoms with E-state index in [1.165, 1.54) is 0 Å². The van der Waals surface area contributed by atoms with Crippen molar-refractivity contribution in [3.8, 4) is 0 Å². The summed E-state index contributed by atoms with van der Waals surface area (Å²) in [4.78, 5) is 24.8. The van der Waals surface area contributed by atoms with Crippen molar-refractivity contribution in [1.82, 2.24) is 10.2 Å². The highest BCUT2D eigenvalue weighted by molar-refractivity contribution is 5.82. The van der Waals surface area contributed by atoms with Gasteiger partial charge in [-0.3, -0.25) is 0 Å². The number of carboxylic acid groups (broad SMARTS) is 1. The third kappa shape index (κ3) is 5.92. The van der Waals surface area contributed by atoms with Gasteiger partial charge in [-0.1, -0.05) is 12.8 Å². The first kappa shape index (κ1) is 15.8. The Morgan fingerprint density at radius 1 is 1.26 bits per heavy atom. The van der Waals surface area contributed by atoms with Crippen molar-refractivity contribution >= 4 is 12.0 Å². The summed E-state index contributed by atoms with van der Waals surface area (Å²) in [6.45, 7) is 1.94. The Hall–Kier alpha value is -1.30. The number of urea groups is 1. The Kier molecular flexibility index (Phi) is 7.25. The normalized spacial score (nSPS) is 17.6. The minimum Gasteiger partial charge on any atom is -0.480 e. The van der Waals surface area contributed by atoms with Crippen LogP contribution in [-0.2, 0) is 9.53 Å². The summed E-state index contributed by atoms with van der Waals surface area (Å²) in [5, 5.41) is 11.7. The molecule has 1 fully saturated rings. The lowest BCUT2D eigenvalue weighted by Gasteiger charge is -2.23. The maximum atomic E-state index is 12.0. The van der Waals surface area contributed by atoms with Crippen LogP contribution in [0.5, 0.6) is 0 Å². The zero-order valence-electron chi connectivity index (χ0n) is 11.6. The number of carbonyl (C=O) groups excluding carboxylic acids is 1. The van der Waals surface area contributed by atoms with Crippen molar-refractivity contribution in [3.63, 3.8) is 0 Å². The van der Waals surface area contributed by atoms with Gasteiger partial charge >= 0.3 is 12.0 Å². The van der Waals surface area contributed by atoms with E-state index in [1.807, 2.05) is 0 Å². The lowest BCUT2D eigenvalue weighted by Crippen LogP contribution is -2.48. The smallest absolute Gasteiger partial charge is 0.326 e. The van der Waals surface area contributed by atoms with Crippen LogP contribution in [-0.4, -0.2) is 54.9 Å². The van der Waals surface area contributed by atoms with Crippen LogP contribution in [0.4, 0.5) is 4.79 Å². The number of ether oxygens (including phenoxy) is 1. The molecular weight excluding hydrogens is 248 g/mol. The van der Waals surface area contributed by atoms with Gasteiger partial charge in [0.05, 0.1) is 0 Å². The molecule has 1 rings (SSSR count). The first-order chi connectivity index (χ1) is 9.15. The van der Waals surface area contributed by atoms with Crippen molar-refractivity contribution < 1.29 is 19.4 Å². The van der Waals surface area contributed by atoms with E-state index in [0.717, 1.165) is 38.8 Å². The predicted molar refractivity (Wildman–Crippen MR) is 71.1 cm³/mol. The van der Waals surface area contributed by atoms with Crippen molar-refractivity contribution in [3.05, 3.63) is 0 Å². The van der Waals surface area contributed by atoms with E-state index in [0.29, 0.717) is 19.4 Å². The molecule has 110 valence electrons. The molecule has 1 saturated heterocycles. The van der Waals surface area contributed by atoms with Gasteiger partial charge in [-0.15, -0.1) is 0 Å². The molecule has 0 aromatic heterocycles. The number of nitrogens with zero attached hydrogens (tertiary/aromatic N) is 1. The first-order valence-electron chi connectivity index (χ1n) is 6.92. The van der Waals surface area contributed by atoms with Crippen LogP contribution in [0.25, 0.3) is 0 Å². The van der Waals surface area contributed by atoms with Crippen LogP contribution >= 0.6 is 0 Å². The lowest BCUT2D eigenvalue weighted by molar-refractivity contribution is -0.139. The van der Waals surface area contributed by atoms with Gasteiger partial charge < -0.3 is 20.1 Å². The Labute approximate surface area is 114 Å². The van der Waals surface area contributed by atoms with Gasteiger partial charge in [0.25, 0.3) is 0 Å². The van der Waals surface area contributed by atoms with Gasteiger partial charge in [0.15, 0.2) is 0 Å². The van der Waals surface area contributed by atoms with Gasteiger partial charge in [-0.2, -0.15) is 0 Å². The minimum absolute atomic E-state index is 0.258. The molecule has 0 spiro atoms. The van der Waals surface area contributed by atoms with Gasteiger partial charge in [0.2, 0.25) is 0 Å². The topological polar surface area (TPSA) is 78.9 Å². The zero-order chi connectivity index (χ0) is 14.1. The molecule has 0 aromatic rings. The molecule has 1 heterocycles. The molecule has 2 amide bonds. The fourth-order valence-corrected chi connectivity index (χ4v) is 2.20. The maximum Gasteiger partial charge on any atom is 0.326 e. The van der Waals surface area contributed by atoms with Crippen molar-refractivity contribution in [2.24, 2.45) is 0 Å². The number of rotatable bonds is 6. The highest BCUT2D eigenvalue weighted by Crippen LogP contribution is 2.10. The van der Waals surface area contributed by atoms with E-state index in [4.69, 9.17) is 9.84 Å². The molecule has 1 aliphatic heterocycles. The number of nitrogens with one attached hydrogen (secondary N) is 1. The number of likely N-dealkylation sites (tertiary alicyclic amines) is 1. The SMILES string of the molecule is COCCCC(NC(=O)N1CCCCCC1)C(=O)O. The molecule has 6 heteroatoms. The summed E-state index contributed by atoms with van der Waals surface area (Å²) < 4.78 is 4.89. The second-order valence-corrected chi connectivity index (χ2v) is 4.88. The van der Waals surface area contributed by atoms with E-state index in [2.05, 4.69) is 5.32 Å². The molecule has 1 aliphatic rings. The van der Waals surface area contributed by atoms with Crippen LogP contribution in [0.1, 0.15) is 38.5 Å². The van der Waals surface area contributed by atoms with E-state index < -0.39 is 12.0 Å². The summed E-state index contributed by atoms with van der Waals surface area (Å²) in [6.07, 6.45) is 5.28. The van der Waals surface area contributed by atoms with E-state index in [1.54, 1.807) is 12.0 Å². The fourth-order valence-electron chi connectivity index (χ4n) is 2.20. The number of methoxy groups -OCH3 is 1. The summed E-state index contributed by atoms with van der Waals surface area (Å²) in [5.41, 5.74) is 0. The molecule has 0 aliphatic carbocycles. The van der Waals surface area contributed by atoms with Gasteiger partial charge in [0, 0.05) is 26.8 Å². The third-order valence-corrected chi connectivity index (χ3v) is 3.33. The van der Waals surface area contributed by atoms with Crippen molar-refractivity contribution in [1.29, 1.82) is 0 Å². The zero-order valence-corrected chi connectivity index (χ0v) is 11.6. The van der Waals surface area contributed by atoms with Crippen LogP contribution in [0.2, 0.25) is 0 Å². The summed E-state index contributed by atoms with van der Waals surface area (Å²) in [6, 6.07) is -1.09. The Morgan fingerprint density at radius 3 is 2.42 bits per heavy atom. The van der Waals surface area contributed by atoms with E-state index in [-0.39, 0.29) is 6.03 Å². The first-order valence-corrected chi connectivity index (χ1v) is 6.92. The molecule has 0 bridgehead atoms. The number of hydrogen-bond acceptors (Lipinski definition) is 3. The van der Waals surface area contributed by atoms with Crippen molar-refractivity contribution in [2.45, 2.75) is 44.6 Å². The standard InChI is InChI=1S/C13H24N2O4/c1-19-10-6-7-11(12(16)17)14-13(18)15-8-4-2-3-5-9-15/h11H,2-10H2,1H3,(H,14,18)(H,16,17). The maximum absolute atomic E-state index is 12.0. The lowest BCUT2D eigenvalue weighted by atomic mass is 10.1. The molecule has 0 radical (unpaired) electrons. The summed E-state index contributed by atoms with van der Waals surface area (Å²) in [7, 11) is 1.57. The molecule has 1 atom stereocenters. The molecule has 0 saturated carbocycles. The van der Waals surface area contributed by atoms with Gasteiger partial charge in [0.1, 0.15) is 6.04 Å². The fraction of sp³-hybridized carbons (Fsp3) is 0.846. The van der Waals surface area contributed by atoms with E-state index in [9.17, 15) is 9.59 Å². The highest BCUT2D eigenvalue weighted by atomic mass is 16.5. The molecule has 2 N–H and O–H groups in total. The number of carboxylic acids is 1. The van der Waals surface area contributed by atoms with Gasteiger partial charge in [-0.05, 0) is 25.7 Å². The largest absolute Gasteiger partial charge is 0.480 e. The van der Waals surface area contributed by atoms with E-state index >= 15 is 0 Å². The second kappa shape index (κ2) is 8.74. The number of aliphatic carboxylic acids is 1. The molecule has 6 nitrogen and oxygen atoms in total. The third-order valence-electron chi connectivity index (χ3n) is 3.33. The van der Waals surface area contributed by atoms with Crippen LogP contribution < -0.4 is 5.32 Å². The van der Waals surface area contributed by atoms with Crippen LogP contribution in [0, 0.1) is 0 Å². The Bertz CT molecular complexity index is 288. The summed E-state index contributed by atoms with van der Waals surface area (Å²) >= 11 is 0. The Balaban J connectivity index is 2.42. The molecule has 0 aromatic carbocycles. The number of carbonyl (C=O) groups is 2. The minimum atomic E-state index is -0.987. The van der Waals surface area contributed by atoms with Crippen LogP contribution in [0.3, 0.4) is 0 Å². The molecular formula is C13H24N2O4. The number of amides is 2. The monoisotopic (exact) mass is 272 g/mol. The summed E-state index contributed by atoms with van der Waals surface area (Å²) in [5.74, 6) is -0.987. The molecule has 1 unspecified atom stereocenters. The number of hydrogen-bond donors (Lipinski definition) is 2. The highest BCUT2D eigenvalue weighted by Gasteiger charge is 2.23. The Morgan fingerprint density at radius 2 is 1.89 bits per heavy atom. The molecule has 19 heavy (non-hydrogen) atoms. The van der Waals surface area contributed by atoms with Crippen molar-refractivity contribution in [2.75, 3.05) is 26.8 Å². The quantitative estimate of drug-likeness (QED) is 0.717. The van der Waals surface area contributed by atoms with Gasteiger partial charge in [-0.25, -0.2) is 9.59 Å². The average Bonchev–Trinajstić information content (AvgIpc) is 2.66.